The number of carbonyl (C=O) groups excluding carboxylic acids is 14. The van der Waals surface area contributed by atoms with Crippen LogP contribution in [0.15, 0.2) is 65.9 Å². The summed E-state index contributed by atoms with van der Waals surface area (Å²) < 4.78 is 1.34. The van der Waals surface area contributed by atoms with Gasteiger partial charge in [0.2, 0.25) is 41.4 Å². The second-order valence-corrected chi connectivity index (χ2v) is 29.6. The molecule has 1 fully saturated rings. The number of urea groups is 1. The number of Topliss-reactive ketones (excluding diaryl/α,β-unsaturated/α-hetero) is 6. The van der Waals surface area contributed by atoms with Gasteiger partial charge in [0, 0.05) is 136 Å². The van der Waals surface area contributed by atoms with Crippen molar-refractivity contribution in [3.8, 4) is 5.75 Å². The van der Waals surface area contributed by atoms with E-state index in [-0.39, 0.29) is 132 Å². The van der Waals surface area contributed by atoms with Crippen LogP contribution in [0.3, 0.4) is 0 Å². The molecule has 6 rings (SSSR count). The molecule has 622 valence electrons. The highest BCUT2D eigenvalue weighted by Crippen LogP contribution is 2.30. The van der Waals surface area contributed by atoms with Crippen LogP contribution >= 0.6 is 25.3 Å². The predicted octanol–water partition coefficient (Wildman–Crippen LogP) is -0.930. The molecule has 0 spiro atoms. The first-order valence-corrected chi connectivity index (χ1v) is 39.1. The van der Waals surface area contributed by atoms with Crippen molar-refractivity contribution in [2.75, 3.05) is 37.7 Å². The van der Waals surface area contributed by atoms with Crippen LogP contribution in [0, 0.1) is 35.5 Å². The van der Waals surface area contributed by atoms with Crippen LogP contribution in [0.5, 0.6) is 5.75 Å². The van der Waals surface area contributed by atoms with Gasteiger partial charge >= 0.3 is 18.0 Å². The van der Waals surface area contributed by atoms with Gasteiger partial charge in [0.1, 0.15) is 11.8 Å². The Balaban J connectivity index is 1.46. The molecule has 0 unspecified atom stereocenters. The fourth-order valence-electron chi connectivity index (χ4n) is 14.0. The number of benzene rings is 2. The number of hydrogen-bond donors (Lipinski definition) is 18. The molecule has 4 aromatic rings. The lowest BCUT2D eigenvalue weighted by Gasteiger charge is -2.30. The molecular weight excluding hydrogens is 1520 g/mol. The molecule has 0 saturated carbocycles. The van der Waals surface area contributed by atoms with E-state index in [1.165, 1.54) is 35.1 Å². The third-order valence-electron chi connectivity index (χ3n) is 20.2. The number of carboxylic acid groups (broad SMARTS) is 2. The van der Waals surface area contributed by atoms with Gasteiger partial charge in [-0.25, -0.2) is 4.79 Å². The van der Waals surface area contributed by atoms with Gasteiger partial charge in [-0.2, -0.15) is 25.3 Å². The van der Waals surface area contributed by atoms with Gasteiger partial charge in [-0.1, -0.05) is 35.5 Å². The Morgan fingerprint density at radius 2 is 1.33 bits per heavy atom. The molecule has 37 nitrogen and oxygen atoms in total. The lowest BCUT2D eigenvalue weighted by Crippen LogP contribution is -2.52. The van der Waals surface area contributed by atoms with Gasteiger partial charge in [0.25, 0.3) is 0 Å². The van der Waals surface area contributed by atoms with Crippen molar-refractivity contribution in [2.45, 2.75) is 191 Å². The molecule has 4 heterocycles. The summed E-state index contributed by atoms with van der Waals surface area (Å²) in [6.07, 6.45) is -5.61. The zero-order valence-corrected chi connectivity index (χ0v) is 65.2. The third-order valence-corrected chi connectivity index (χ3v) is 20.9. The second-order valence-electron chi connectivity index (χ2n) is 28.9. The zero-order chi connectivity index (χ0) is 83.9. The lowest BCUT2D eigenvalue weighted by atomic mass is 9.88. The van der Waals surface area contributed by atoms with Crippen LogP contribution in [0.4, 0.5) is 4.79 Å². The monoisotopic (exact) mass is 1630 g/mol. The van der Waals surface area contributed by atoms with Crippen molar-refractivity contribution >= 4 is 136 Å². The summed E-state index contributed by atoms with van der Waals surface area (Å²) in [5.74, 6) is -23.5. The Morgan fingerprint density at radius 3 is 1.96 bits per heavy atom. The summed E-state index contributed by atoms with van der Waals surface area (Å²) in [6.45, 7) is 0.331. The number of amides is 9. The SMILES string of the molecule is C[C@@H](O)[C@@H]1NC(=O)[C@@H](CC(=O)[C@H](CS)NC(=O)CN)CCc2cn(nn2)CCC[C@@H](C(=O)C[C@@H](Cc2ccc(O)cc2)C(=O)O)NC(=O)[C@H](CCC(N)=O)CC(=O)[C@H](Cc2c[nH]c3ccccc23)NC(=O)[C@H](CCCNC(N)=O)CC(=O)[C@H](CS)NC(=O)[C@H](CCCN=C(N)N)CC(=O)[C@@H]2CCCN2C(=O)[C@H](CC(=O)O)CC1=O. The number of hydrogen-bond acceptors (Lipinski definition) is 24. The number of phenols is 1. The highest BCUT2D eigenvalue weighted by Gasteiger charge is 2.43. The molecule has 2 bridgehead atoms. The smallest absolute Gasteiger partial charge is 0.312 e. The van der Waals surface area contributed by atoms with Crippen LogP contribution in [0.1, 0.15) is 139 Å². The molecule has 114 heavy (non-hydrogen) atoms. The van der Waals surface area contributed by atoms with Gasteiger partial charge in [-0.15, -0.1) is 5.10 Å². The summed E-state index contributed by atoms with van der Waals surface area (Å²) >= 11 is 8.64. The number of aryl methyl sites for hydroxylation is 2. The Kier molecular flexibility index (Phi) is 37.1. The van der Waals surface area contributed by atoms with Crippen molar-refractivity contribution < 1.29 is 97.1 Å². The van der Waals surface area contributed by atoms with Crippen LogP contribution in [-0.4, -0.2) is 225 Å². The molecule has 13 atom stereocenters. The summed E-state index contributed by atoms with van der Waals surface area (Å²) in [5.41, 5.74) is 29.6. The van der Waals surface area contributed by atoms with Crippen LogP contribution in [0.2, 0.25) is 0 Å². The van der Waals surface area contributed by atoms with Gasteiger partial charge in [-0.05, 0) is 113 Å². The summed E-state index contributed by atoms with van der Waals surface area (Å²) in [4.78, 5) is 233. The number of phenolic OH excluding ortho intramolecular Hbond substituents is 1. The number of thiol groups is 2. The number of aromatic nitrogens is 4. The Morgan fingerprint density at radius 1 is 0.711 bits per heavy atom. The number of aliphatic hydroxyl groups is 1. The number of aliphatic carboxylic acids is 2. The number of nitrogens with two attached hydrogens (primary N) is 5. The fraction of sp³-hybridized carbons (Fsp3) is 0.560. The molecule has 9 amide bonds. The lowest BCUT2D eigenvalue weighted by molar-refractivity contribution is -0.148. The van der Waals surface area contributed by atoms with E-state index in [1.807, 2.05) is 0 Å². The second kappa shape index (κ2) is 45.9. The van der Waals surface area contributed by atoms with E-state index in [9.17, 15) is 82.8 Å². The first-order valence-electron chi connectivity index (χ1n) is 37.8. The van der Waals surface area contributed by atoms with Crippen molar-refractivity contribution in [3.05, 3.63) is 77.7 Å². The summed E-state index contributed by atoms with van der Waals surface area (Å²) in [7, 11) is 0. The fourth-order valence-corrected chi connectivity index (χ4v) is 14.6. The largest absolute Gasteiger partial charge is 0.508 e. The van der Waals surface area contributed by atoms with E-state index in [0.717, 1.165) is 11.8 Å². The number of aromatic amines is 1. The van der Waals surface area contributed by atoms with Crippen molar-refractivity contribution in [3.63, 3.8) is 0 Å². The zero-order valence-electron chi connectivity index (χ0n) is 63.4. The maximum atomic E-state index is 15.3. The average Bonchev–Trinajstić information content (AvgIpc) is 1.65. The molecule has 21 N–H and O–H groups in total. The molecule has 2 aliphatic rings. The van der Waals surface area contributed by atoms with Crippen LogP contribution in [0.25, 0.3) is 10.9 Å². The van der Waals surface area contributed by atoms with Gasteiger partial charge < -0.3 is 90.9 Å². The minimum absolute atomic E-state index is 0.00587. The Labute approximate surface area is 667 Å². The van der Waals surface area contributed by atoms with Crippen molar-refractivity contribution in [2.24, 2.45) is 69.2 Å². The number of nitrogens with one attached hydrogen (secondary N) is 7. The number of ketones is 6. The highest BCUT2D eigenvalue weighted by molar-refractivity contribution is 7.80. The van der Waals surface area contributed by atoms with E-state index < -0.39 is 236 Å². The van der Waals surface area contributed by atoms with Crippen molar-refractivity contribution in [1.29, 1.82) is 0 Å². The maximum absolute atomic E-state index is 15.3. The van der Waals surface area contributed by atoms with E-state index in [1.54, 1.807) is 30.5 Å². The molecule has 1 saturated heterocycles. The highest BCUT2D eigenvalue weighted by atomic mass is 32.1. The topological polar surface area (TPSA) is 618 Å². The van der Waals surface area contributed by atoms with Crippen LogP contribution in [-0.2, 0) is 97.7 Å². The number of carbonyl (C=O) groups is 16. The Hall–Kier alpha value is -10.7. The number of H-pyrrole nitrogens is 1. The normalized spacial score (nSPS) is 22.9. The predicted molar refractivity (Wildman–Crippen MR) is 418 cm³/mol. The number of aliphatic imine (C=N–C) groups is 1. The minimum atomic E-state index is -1.85. The number of primary amides is 2. The number of aromatic hydroxyl groups is 1. The molecule has 2 aromatic heterocycles. The van der Waals surface area contributed by atoms with E-state index in [2.05, 4.69) is 77.4 Å². The first-order chi connectivity index (χ1) is 54.2. The quantitative estimate of drug-likeness (QED) is 0.0135. The maximum Gasteiger partial charge on any atom is 0.312 e. The van der Waals surface area contributed by atoms with Crippen LogP contribution < -0.4 is 60.6 Å². The number of carboxylic acids is 2. The standard InChI is InChI=1S/C75H105N17O20S2/c1-40(93)67-63(100)32-46(34-66(103)104)72(109)92-25-7-13-57(92)62(99)31-43(8-4-22-81-74(78)79)69(106)87-56(39-114)61(98)28-42(9-5-23-82-75(80)112)68(105)86-54(27-48-36-83-52-11-3-2-10-51(48)52)59(96)29-45(17-21-64(77)101)70(107)85-53(58(95)33-47(73(110)111)26-41-14-19-50(94)20-15-41)12-6-24-91-37-49(89-90-91)18-16-44(71(108)88-67)30-60(97)55(38-113)84-65(102)35-76/h2-3,10-11,14-15,19-20,36-37,40,42-47,53-57,67,83,93-94,113-114H,4-9,12-13,16-18,21-35,38-39,76H2,1H3,(H2,77,101)(H,84,102)(H,85,107)(H,86,105)(H,87,106)(H,88,108)(H,103,104)(H,110,111)(H4,78,79,81)(H3,80,82,112)/t40-,42-,43-,44-,45-,46+,47-,53+,54+,55+,56+,57+,67+/m1/s1. The molecule has 0 radical (unpaired) electrons. The molecule has 0 aliphatic carbocycles. The van der Waals surface area contributed by atoms with E-state index in [0.29, 0.717) is 22.0 Å². The number of fused-ring (bicyclic) bond motifs is 4. The first kappa shape index (κ1) is 92.2. The number of guanidine groups is 1. The average molecular weight is 1630 g/mol. The van der Waals surface area contributed by atoms with Gasteiger partial charge in [-0.3, -0.25) is 81.6 Å². The molecule has 2 aliphatic heterocycles. The molecular formula is C75H105N17O20S2. The van der Waals surface area contributed by atoms with Crippen molar-refractivity contribution in [1.82, 2.24) is 56.8 Å². The number of nitrogens with zero attached hydrogens (tertiary/aromatic N) is 5. The number of para-hydroxylation sites is 1. The third kappa shape index (κ3) is 29.4. The molecule has 2 aromatic carbocycles. The number of aliphatic hydroxyl groups excluding tert-OH is 1. The van der Waals surface area contributed by atoms with Gasteiger partial charge in [0.15, 0.2) is 40.7 Å². The molecule has 39 heteroatoms. The summed E-state index contributed by atoms with van der Waals surface area (Å²) in [6, 6.07) is 2.77. The van der Waals surface area contributed by atoms with E-state index >= 15 is 14.4 Å². The number of rotatable bonds is 29. The van der Waals surface area contributed by atoms with Gasteiger partial charge in [0.05, 0.1) is 66.8 Å². The minimum Gasteiger partial charge on any atom is -0.508 e. The summed E-state index contributed by atoms with van der Waals surface area (Å²) in [5, 5.41) is 66.4. The van der Waals surface area contributed by atoms with E-state index in [4.69, 9.17) is 28.7 Å². The Bertz CT molecular complexity index is 4110.